The molecule has 0 aliphatic rings. The molecule has 0 aliphatic heterocycles. The summed E-state index contributed by atoms with van der Waals surface area (Å²) in [6, 6.07) is 23.7. The van der Waals surface area contributed by atoms with Crippen molar-refractivity contribution in [1.29, 1.82) is 0 Å². The van der Waals surface area contributed by atoms with Gasteiger partial charge in [0.25, 0.3) is 0 Å². The molecule has 33 heavy (non-hydrogen) atoms. The monoisotopic (exact) mass is 458 g/mol. The maximum Gasteiger partial charge on any atom is 0.234 e. The van der Waals surface area contributed by atoms with Gasteiger partial charge in [-0.05, 0) is 57.2 Å². The second-order valence-electron chi connectivity index (χ2n) is 7.64. The number of thioether (sulfide) groups is 1. The molecular formula is C26H26N4O2S. The van der Waals surface area contributed by atoms with Gasteiger partial charge >= 0.3 is 0 Å². The van der Waals surface area contributed by atoms with Crippen LogP contribution in [0.25, 0.3) is 17.1 Å². The molecule has 0 atom stereocenters. The number of ether oxygens (including phenoxy) is 1. The molecule has 0 saturated heterocycles. The molecule has 0 fully saturated rings. The van der Waals surface area contributed by atoms with Crippen LogP contribution < -0.4 is 10.1 Å². The number of nitrogens with one attached hydrogen (secondary N) is 1. The number of nitrogens with zero attached hydrogens (tertiary/aromatic N) is 3. The van der Waals surface area contributed by atoms with E-state index in [1.807, 2.05) is 60.0 Å². The number of amides is 1. The average Bonchev–Trinajstić information content (AvgIpc) is 3.24. The number of rotatable bonds is 8. The molecule has 0 saturated carbocycles. The Balaban J connectivity index is 1.53. The van der Waals surface area contributed by atoms with E-state index in [1.54, 1.807) is 0 Å². The highest BCUT2D eigenvalue weighted by Crippen LogP contribution is 2.28. The Hall–Kier alpha value is -3.58. The first kappa shape index (κ1) is 22.6. The van der Waals surface area contributed by atoms with Crippen molar-refractivity contribution < 1.29 is 9.53 Å². The molecule has 3 aromatic carbocycles. The number of hydrogen-bond donors (Lipinski definition) is 1. The number of aryl methyl sites for hydroxylation is 2. The SMILES string of the molecule is CCOc1ccc(NC(=O)CSc2nnc(-c3ccc(C)cc3)n2-c2ccc(C)cc2)cc1. The molecule has 1 heterocycles. The fourth-order valence-electron chi connectivity index (χ4n) is 3.31. The molecular weight excluding hydrogens is 432 g/mol. The first-order valence-corrected chi connectivity index (χ1v) is 11.8. The van der Waals surface area contributed by atoms with Crippen LogP contribution in [-0.4, -0.2) is 33.0 Å². The molecule has 0 aliphatic carbocycles. The molecule has 0 bridgehead atoms. The van der Waals surface area contributed by atoms with Crippen LogP contribution in [0.15, 0.2) is 78.0 Å². The first-order chi connectivity index (χ1) is 16.0. The van der Waals surface area contributed by atoms with E-state index >= 15 is 0 Å². The molecule has 1 aromatic heterocycles. The number of anilines is 1. The molecule has 0 radical (unpaired) electrons. The predicted molar refractivity (Wildman–Crippen MR) is 133 cm³/mol. The molecule has 0 spiro atoms. The molecule has 1 amide bonds. The van der Waals surface area contributed by atoms with E-state index in [-0.39, 0.29) is 11.7 Å². The smallest absolute Gasteiger partial charge is 0.234 e. The third-order valence-electron chi connectivity index (χ3n) is 5.02. The second-order valence-corrected chi connectivity index (χ2v) is 8.58. The van der Waals surface area contributed by atoms with Crippen molar-refractivity contribution in [2.75, 3.05) is 17.7 Å². The van der Waals surface area contributed by atoms with Gasteiger partial charge in [0.05, 0.1) is 12.4 Å². The largest absolute Gasteiger partial charge is 0.494 e. The van der Waals surface area contributed by atoms with Crippen LogP contribution in [0.1, 0.15) is 18.1 Å². The van der Waals surface area contributed by atoms with E-state index in [0.29, 0.717) is 11.8 Å². The van der Waals surface area contributed by atoms with Gasteiger partial charge in [-0.2, -0.15) is 0 Å². The van der Waals surface area contributed by atoms with Crippen LogP contribution in [0, 0.1) is 13.8 Å². The highest BCUT2D eigenvalue weighted by Gasteiger charge is 2.17. The minimum absolute atomic E-state index is 0.112. The topological polar surface area (TPSA) is 69.0 Å². The standard InChI is InChI=1S/C26H26N4O2S/c1-4-32-23-15-11-21(12-16-23)27-24(31)17-33-26-29-28-25(20-9-5-18(2)6-10-20)30(26)22-13-7-19(3)8-14-22/h5-16H,4,17H2,1-3H3,(H,27,31). The molecule has 1 N–H and O–H groups in total. The van der Waals surface area contributed by atoms with Crippen LogP contribution in [0.3, 0.4) is 0 Å². The quantitative estimate of drug-likeness (QED) is 0.344. The van der Waals surface area contributed by atoms with Crippen LogP contribution >= 0.6 is 11.8 Å². The number of hydrogen-bond acceptors (Lipinski definition) is 5. The normalized spacial score (nSPS) is 10.8. The van der Waals surface area contributed by atoms with E-state index in [1.165, 1.54) is 22.9 Å². The van der Waals surface area contributed by atoms with Gasteiger partial charge in [0.1, 0.15) is 5.75 Å². The van der Waals surface area contributed by atoms with Crippen molar-refractivity contribution >= 4 is 23.4 Å². The Morgan fingerprint density at radius 1 is 0.909 bits per heavy atom. The lowest BCUT2D eigenvalue weighted by molar-refractivity contribution is -0.113. The van der Waals surface area contributed by atoms with E-state index in [9.17, 15) is 4.79 Å². The zero-order chi connectivity index (χ0) is 23.2. The summed E-state index contributed by atoms with van der Waals surface area (Å²) in [6.07, 6.45) is 0. The van der Waals surface area contributed by atoms with E-state index in [2.05, 4.69) is 53.6 Å². The van der Waals surface area contributed by atoms with Crippen LogP contribution in [-0.2, 0) is 4.79 Å². The maximum atomic E-state index is 12.6. The molecule has 168 valence electrons. The van der Waals surface area contributed by atoms with Gasteiger partial charge in [-0.1, -0.05) is 59.3 Å². The summed E-state index contributed by atoms with van der Waals surface area (Å²) in [7, 11) is 0. The summed E-state index contributed by atoms with van der Waals surface area (Å²) < 4.78 is 7.44. The fraction of sp³-hybridized carbons (Fsp3) is 0.192. The van der Waals surface area contributed by atoms with Gasteiger partial charge in [-0.15, -0.1) is 10.2 Å². The lowest BCUT2D eigenvalue weighted by Crippen LogP contribution is -2.14. The summed E-state index contributed by atoms with van der Waals surface area (Å²) in [6.45, 7) is 6.65. The summed E-state index contributed by atoms with van der Waals surface area (Å²) >= 11 is 1.36. The second kappa shape index (κ2) is 10.4. The van der Waals surface area contributed by atoms with Crippen molar-refractivity contribution in [1.82, 2.24) is 14.8 Å². The van der Waals surface area contributed by atoms with Gasteiger partial charge < -0.3 is 10.1 Å². The maximum absolute atomic E-state index is 12.6. The summed E-state index contributed by atoms with van der Waals surface area (Å²) in [5.41, 5.74) is 5.01. The van der Waals surface area contributed by atoms with Gasteiger partial charge in [-0.25, -0.2) is 0 Å². The highest BCUT2D eigenvalue weighted by atomic mass is 32.2. The first-order valence-electron chi connectivity index (χ1n) is 10.8. The predicted octanol–water partition coefficient (Wildman–Crippen LogP) is 5.68. The molecule has 4 rings (SSSR count). The summed E-state index contributed by atoms with van der Waals surface area (Å²) in [5, 5.41) is 12.4. The summed E-state index contributed by atoms with van der Waals surface area (Å²) in [4.78, 5) is 12.6. The van der Waals surface area contributed by atoms with Gasteiger partial charge in [0.15, 0.2) is 11.0 Å². The van der Waals surface area contributed by atoms with Gasteiger partial charge in [0, 0.05) is 16.9 Å². The van der Waals surface area contributed by atoms with E-state index in [0.717, 1.165) is 28.5 Å². The zero-order valence-electron chi connectivity index (χ0n) is 18.9. The summed E-state index contributed by atoms with van der Waals surface area (Å²) in [5.74, 6) is 1.62. The van der Waals surface area contributed by atoms with Crippen molar-refractivity contribution in [2.45, 2.75) is 25.9 Å². The number of carbonyl (C=O) groups is 1. The minimum atomic E-state index is -0.112. The third kappa shape index (κ3) is 5.62. The Morgan fingerprint density at radius 2 is 1.55 bits per heavy atom. The Morgan fingerprint density at radius 3 is 2.18 bits per heavy atom. The Kier molecular flexibility index (Phi) is 7.10. The van der Waals surface area contributed by atoms with Gasteiger partial charge in [0.2, 0.25) is 5.91 Å². The number of benzene rings is 3. The van der Waals surface area contributed by atoms with Crippen molar-refractivity contribution in [2.24, 2.45) is 0 Å². The van der Waals surface area contributed by atoms with Gasteiger partial charge in [-0.3, -0.25) is 9.36 Å². The molecule has 0 unspecified atom stereocenters. The molecule has 7 heteroatoms. The Bertz CT molecular complexity index is 1220. The minimum Gasteiger partial charge on any atom is -0.494 e. The highest BCUT2D eigenvalue weighted by molar-refractivity contribution is 7.99. The van der Waals surface area contributed by atoms with Crippen molar-refractivity contribution in [3.63, 3.8) is 0 Å². The average molecular weight is 459 g/mol. The third-order valence-corrected chi connectivity index (χ3v) is 5.95. The van der Waals surface area contributed by atoms with E-state index < -0.39 is 0 Å². The lowest BCUT2D eigenvalue weighted by atomic mass is 10.1. The van der Waals surface area contributed by atoms with Crippen molar-refractivity contribution in [3.8, 4) is 22.8 Å². The Labute approximate surface area is 198 Å². The molecule has 4 aromatic rings. The zero-order valence-corrected chi connectivity index (χ0v) is 19.7. The number of aromatic nitrogens is 3. The van der Waals surface area contributed by atoms with E-state index in [4.69, 9.17) is 4.74 Å². The molecule has 6 nitrogen and oxygen atoms in total. The van der Waals surface area contributed by atoms with Crippen LogP contribution in [0.4, 0.5) is 5.69 Å². The van der Waals surface area contributed by atoms with Crippen LogP contribution in [0.5, 0.6) is 5.75 Å². The van der Waals surface area contributed by atoms with Crippen molar-refractivity contribution in [3.05, 3.63) is 83.9 Å². The fourth-order valence-corrected chi connectivity index (χ4v) is 4.06. The lowest BCUT2D eigenvalue weighted by Gasteiger charge is -2.11. The number of carbonyl (C=O) groups excluding carboxylic acids is 1. The van der Waals surface area contributed by atoms with Crippen LogP contribution in [0.2, 0.25) is 0 Å².